The van der Waals surface area contributed by atoms with E-state index in [2.05, 4.69) is 0 Å². The number of rotatable bonds is 4. The lowest BCUT2D eigenvalue weighted by molar-refractivity contribution is -0.164. The molecule has 0 aromatic carbocycles. The van der Waals surface area contributed by atoms with Crippen molar-refractivity contribution in [3.05, 3.63) is 12.2 Å². The van der Waals surface area contributed by atoms with Gasteiger partial charge in [0.15, 0.2) is 0 Å². The van der Waals surface area contributed by atoms with Crippen LogP contribution in [0.1, 0.15) is 33.1 Å². The number of carbonyl (C=O) groups is 2. The second-order valence-corrected chi connectivity index (χ2v) is 4.86. The van der Waals surface area contributed by atoms with Crippen molar-refractivity contribution in [2.24, 2.45) is 17.3 Å². The van der Waals surface area contributed by atoms with Crippen LogP contribution >= 0.6 is 0 Å². The van der Waals surface area contributed by atoms with E-state index in [-0.39, 0.29) is 5.92 Å². The first-order valence-corrected chi connectivity index (χ1v) is 5.51. The lowest BCUT2D eigenvalue weighted by atomic mass is 9.64. The van der Waals surface area contributed by atoms with Crippen molar-refractivity contribution < 1.29 is 19.8 Å². The lowest BCUT2D eigenvalue weighted by Crippen LogP contribution is -2.44. The molecule has 0 heterocycles. The third-order valence-corrected chi connectivity index (χ3v) is 3.18. The average molecular weight is 226 g/mol. The zero-order chi connectivity index (χ0) is 12.3. The highest BCUT2D eigenvalue weighted by atomic mass is 16.4. The summed E-state index contributed by atoms with van der Waals surface area (Å²) in [6.07, 6.45) is 4.59. The van der Waals surface area contributed by atoms with Gasteiger partial charge >= 0.3 is 11.9 Å². The third kappa shape index (κ3) is 2.26. The maximum atomic E-state index is 11.4. The number of allylic oxidation sites excluding steroid dienone is 2. The van der Waals surface area contributed by atoms with Crippen molar-refractivity contribution in [2.45, 2.75) is 33.1 Å². The van der Waals surface area contributed by atoms with E-state index >= 15 is 0 Å². The van der Waals surface area contributed by atoms with Gasteiger partial charge in [-0.15, -0.1) is 0 Å². The second kappa shape index (κ2) is 4.68. The van der Waals surface area contributed by atoms with Crippen LogP contribution < -0.4 is 0 Å². The molecule has 2 atom stereocenters. The molecule has 1 aliphatic rings. The molecule has 0 saturated heterocycles. The summed E-state index contributed by atoms with van der Waals surface area (Å²) in [4.78, 5) is 22.6. The molecule has 0 saturated carbocycles. The topological polar surface area (TPSA) is 74.6 Å². The first kappa shape index (κ1) is 12.7. The zero-order valence-corrected chi connectivity index (χ0v) is 9.64. The molecule has 0 radical (unpaired) electrons. The molecule has 1 rings (SSSR count). The summed E-state index contributed by atoms with van der Waals surface area (Å²) in [6.45, 7) is 3.84. The maximum absolute atomic E-state index is 11.4. The summed E-state index contributed by atoms with van der Waals surface area (Å²) in [7, 11) is 0. The minimum atomic E-state index is -1.13. The van der Waals surface area contributed by atoms with Crippen LogP contribution in [0.2, 0.25) is 0 Å². The maximum Gasteiger partial charge on any atom is 0.310 e. The van der Waals surface area contributed by atoms with Crippen molar-refractivity contribution in [2.75, 3.05) is 0 Å². The summed E-state index contributed by atoms with van der Waals surface area (Å²) >= 11 is 0. The highest BCUT2D eigenvalue weighted by Gasteiger charge is 2.49. The van der Waals surface area contributed by atoms with Crippen LogP contribution in [-0.2, 0) is 9.59 Å². The van der Waals surface area contributed by atoms with Gasteiger partial charge in [-0.05, 0) is 25.2 Å². The van der Waals surface area contributed by atoms with Crippen LogP contribution in [-0.4, -0.2) is 22.2 Å². The Morgan fingerprint density at radius 1 is 1.38 bits per heavy atom. The van der Waals surface area contributed by atoms with Gasteiger partial charge in [-0.3, -0.25) is 9.59 Å². The quantitative estimate of drug-likeness (QED) is 0.720. The molecule has 2 N–H and O–H groups in total. The first-order chi connectivity index (χ1) is 7.40. The second-order valence-electron chi connectivity index (χ2n) is 4.86. The van der Waals surface area contributed by atoms with Gasteiger partial charge in [0.25, 0.3) is 0 Å². The summed E-state index contributed by atoms with van der Waals surface area (Å²) in [5, 5.41) is 18.5. The van der Waals surface area contributed by atoms with Crippen LogP contribution in [0.25, 0.3) is 0 Å². The minimum Gasteiger partial charge on any atom is -0.481 e. The molecule has 90 valence electrons. The number of carboxylic acids is 2. The Morgan fingerprint density at radius 2 is 2.00 bits per heavy atom. The number of hydrogen-bond acceptors (Lipinski definition) is 2. The van der Waals surface area contributed by atoms with Crippen molar-refractivity contribution in [3.63, 3.8) is 0 Å². The molecule has 0 bridgehead atoms. The predicted octanol–water partition coefficient (Wildman–Crippen LogP) is 2.15. The van der Waals surface area contributed by atoms with E-state index in [9.17, 15) is 14.7 Å². The van der Waals surface area contributed by atoms with Gasteiger partial charge in [0.05, 0.1) is 11.3 Å². The average Bonchev–Trinajstić information content (AvgIpc) is 2.16. The molecule has 0 spiro atoms. The lowest BCUT2D eigenvalue weighted by Gasteiger charge is -2.37. The van der Waals surface area contributed by atoms with Crippen molar-refractivity contribution in [1.82, 2.24) is 0 Å². The van der Waals surface area contributed by atoms with Crippen LogP contribution in [0.4, 0.5) is 0 Å². The molecular weight excluding hydrogens is 208 g/mol. The van der Waals surface area contributed by atoms with Gasteiger partial charge in [-0.1, -0.05) is 26.0 Å². The van der Waals surface area contributed by atoms with Gasteiger partial charge in [0, 0.05) is 0 Å². The van der Waals surface area contributed by atoms with Gasteiger partial charge in [-0.2, -0.15) is 0 Å². The Bertz CT molecular complexity index is 319. The van der Waals surface area contributed by atoms with Crippen LogP contribution in [0, 0.1) is 17.3 Å². The number of carboxylic acid groups (broad SMARTS) is 2. The minimum absolute atomic E-state index is 0.171. The molecule has 0 amide bonds. The Balaban J connectivity index is 3.09. The molecule has 4 heteroatoms. The highest BCUT2D eigenvalue weighted by molar-refractivity contribution is 5.84. The van der Waals surface area contributed by atoms with E-state index in [0.29, 0.717) is 19.3 Å². The van der Waals surface area contributed by atoms with Crippen LogP contribution in [0.3, 0.4) is 0 Å². The molecule has 1 aliphatic carbocycles. The van der Waals surface area contributed by atoms with Gasteiger partial charge in [-0.25, -0.2) is 0 Å². The summed E-state index contributed by atoms with van der Waals surface area (Å²) in [6, 6.07) is 0. The normalized spacial score (nSPS) is 29.3. The summed E-state index contributed by atoms with van der Waals surface area (Å²) in [5.41, 5.74) is -1.13. The van der Waals surface area contributed by atoms with Gasteiger partial charge in [0.2, 0.25) is 0 Å². The van der Waals surface area contributed by atoms with Crippen molar-refractivity contribution in [1.29, 1.82) is 0 Å². The molecule has 4 nitrogen and oxygen atoms in total. The molecule has 0 fully saturated rings. The monoisotopic (exact) mass is 226 g/mol. The molecular formula is C12H18O4. The highest BCUT2D eigenvalue weighted by Crippen LogP contribution is 2.43. The van der Waals surface area contributed by atoms with E-state index in [1.807, 2.05) is 13.8 Å². The SMILES string of the molecule is CC(C)CC1(C(=O)O)CC=CCC1C(=O)O. The Hall–Kier alpha value is -1.32. The fraction of sp³-hybridized carbons (Fsp3) is 0.667. The van der Waals surface area contributed by atoms with Crippen molar-refractivity contribution in [3.8, 4) is 0 Å². The number of hydrogen-bond donors (Lipinski definition) is 2. The summed E-state index contributed by atoms with van der Waals surface area (Å²) < 4.78 is 0. The van der Waals surface area contributed by atoms with E-state index in [0.717, 1.165) is 0 Å². The largest absolute Gasteiger partial charge is 0.481 e. The Morgan fingerprint density at radius 3 is 2.44 bits per heavy atom. The van der Waals surface area contributed by atoms with Gasteiger partial charge < -0.3 is 10.2 Å². The van der Waals surface area contributed by atoms with Gasteiger partial charge in [0.1, 0.15) is 0 Å². The third-order valence-electron chi connectivity index (χ3n) is 3.18. The number of aliphatic carboxylic acids is 2. The standard InChI is InChI=1S/C12H18O4/c1-8(2)7-12(11(15)16)6-4-3-5-9(12)10(13)14/h3-4,8-9H,5-7H2,1-2H3,(H,13,14)(H,15,16). The fourth-order valence-electron chi connectivity index (χ4n) is 2.51. The molecule has 0 aromatic heterocycles. The molecule has 16 heavy (non-hydrogen) atoms. The smallest absolute Gasteiger partial charge is 0.310 e. The zero-order valence-electron chi connectivity index (χ0n) is 9.64. The molecule has 0 aliphatic heterocycles. The Kier molecular flexibility index (Phi) is 3.73. The first-order valence-electron chi connectivity index (χ1n) is 5.51. The van der Waals surface area contributed by atoms with E-state index in [1.54, 1.807) is 12.2 Å². The van der Waals surface area contributed by atoms with E-state index in [4.69, 9.17) is 5.11 Å². The van der Waals surface area contributed by atoms with Crippen LogP contribution in [0.15, 0.2) is 12.2 Å². The predicted molar refractivity (Wildman–Crippen MR) is 59.0 cm³/mol. The Labute approximate surface area is 95.0 Å². The fourth-order valence-corrected chi connectivity index (χ4v) is 2.51. The van der Waals surface area contributed by atoms with Crippen LogP contribution in [0.5, 0.6) is 0 Å². The van der Waals surface area contributed by atoms with E-state index in [1.165, 1.54) is 0 Å². The molecule has 0 aromatic rings. The molecule has 2 unspecified atom stereocenters. The van der Waals surface area contributed by atoms with Crippen molar-refractivity contribution >= 4 is 11.9 Å². The van der Waals surface area contributed by atoms with E-state index < -0.39 is 23.3 Å². The summed E-state index contributed by atoms with van der Waals surface area (Å²) in [5.74, 6) is -2.63.